The van der Waals surface area contributed by atoms with E-state index < -0.39 is 0 Å². The Labute approximate surface area is 148 Å². The van der Waals surface area contributed by atoms with E-state index in [1.165, 1.54) is 38.5 Å². The molecule has 5 aliphatic rings. The van der Waals surface area contributed by atoms with Crippen LogP contribution in [0.4, 0.5) is 0 Å². The van der Waals surface area contributed by atoms with Gasteiger partial charge in [-0.05, 0) is 67.7 Å². The molecule has 1 aromatic heterocycles. The van der Waals surface area contributed by atoms with Crippen molar-refractivity contribution >= 4 is 17.2 Å². The molecule has 4 aliphatic carbocycles. The SMILES string of the molecule is O=C(N1CCC(Oc2ccsc2)CC1)C12CC3CC(CC(C3)C1)C2. The molecular weight excluding hydrogens is 318 g/mol. The van der Waals surface area contributed by atoms with Gasteiger partial charge in [0.25, 0.3) is 0 Å². The number of hydrogen-bond acceptors (Lipinski definition) is 3. The first kappa shape index (κ1) is 15.2. The normalized spacial score (nSPS) is 38.5. The summed E-state index contributed by atoms with van der Waals surface area (Å²) < 4.78 is 6.05. The number of carbonyl (C=O) groups excluding carboxylic acids is 1. The van der Waals surface area contributed by atoms with Crippen LogP contribution in [0.3, 0.4) is 0 Å². The van der Waals surface area contributed by atoms with E-state index in [1.807, 2.05) is 6.07 Å². The van der Waals surface area contributed by atoms with Crippen molar-refractivity contribution in [2.24, 2.45) is 23.2 Å². The maximum Gasteiger partial charge on any atom is 0.228 e. The van der Waals surface area contributed by atoms with E-state index in [2.05, 4.69) is 15.7 Å². The lowest BCUT2D eigenvalue weighted by atomic mass is 9.49. The number of thiophene rings is 1. The second-order valence-corrected chi connectivity index (χ2v) is 9.55. The Morgan fingerprint density at radius 1 is 1.08 bits per heavy atom. The van der Waals surface area contributed by atoms with Crippen LogP contribution in [-0.2, 0) is 4.79 Å². The lowest BCUT2D eigenvalue weighted by molar-refractivity contribution is -0.159. The predicted molar refractivity (Wildman–Crippen MR) is 95.2 cm³/mol. The molecule has 0 spiro atoms. The molecule has 24 heavy (non-hydrogen) atoms. The first-order valence-electron chi connectivity index (χ1n) is 9.68. The molecule has 0 aromatic carbocycles. The molecule has 5 fully saturated rings. The molecule has 3 nitrogen and oxygen atoms in total. The van der Waals surface area contributed by atoms with Crippen molar-refractivity contribution in [1.82, 2.24) is 4.90 Å². The zero-order valence-corrected chi connectivity index (χ0v) is 15.1. The summed E-state index contributed by atoms with van der Waals surface area (Å²) in [6, 6.07) is 2.04. The highest BCUT2D eigenvalue weighted by molar-refractivity contribution is 7.08. The van der Waals surface area contributed by atoms with E-state index in [9.17, 15) is 4.79 Å². The Bertz CT molecular complexity index is 568. The molecule has 4 bridgehead atoms. The van der Waals surface area contributed by atoms with Crippen molar-refractivity contribution in [2.75, 3.05) is 13.1 Å². The monoisotopic (exact) mass is 345 g/mol. The lowest BCUT2D eigenvalue weighted by Crippen LogP contribution is -2.56. The number of amides is 1. The van der Waals surface area contributed by atoms with Crippen LogP contribution < -0.4 is 4.74 Å². The smallest absolute Gasteiger partial charge is 0.228 e. The molecule has 1 aromatic rings. The number of piperidine rings is 1. The van der Waals surface area contributed by atoms with Crippen LogP contribution in [0.15, 0.2) is 16.8 Å². The van der Waals surface area contributed by atoms with E-state index in [-0.39, 0.29) is 11.5 Å². The van der Waals surface area contributed by atoms with Gasteiger partial charge in [-0.2, -0.15) is 0 Å². The average molecular weight is 346 g/mol. The van der Waals surface area contributed by atoms with E-state index in [4.69, 9.17) is 4.74 Å². The molecule has 6 rings (SSSR count). The van der Waals surface area contributed by atoms with Crippen LogP contribution in [-0.4, -0.2) is 30.0 Å². The van der Waals surface area contributed by atoms with Crippen LogP contribution in [0.25, 0.3) is 0 Å². The zero-order chi connectivity index (χ0) is 16.1. The lowest BCUT2D eigenvalue weighted by Gasteiger charge is -2.57. The van der Waals surface area contributed by atoms with Gasteiger partial charge in [-0.1, -0.05) is 0 Å². The Hall–Kier alpha value is -1.03. The second kappa shape index (κ2) is 5.76. The number of carbonyl (C=O) groups is 1. The highest BCUT2D eigenvalue weighted by Crippen LogP contribution is 2.60. The third-order valence-corrected chi connectivity index (χ3v) is 7.68. The van der Waals surface area contributed by atoms with Gasteiger partial charge in [-0.15, -0.1) is 11.3 Å². The summed E-state index contributed by atoms with van der Waals surface area (Å²) in [4.78, 5) is 15.5. The van der Waals surface area contributed by atoms with Gasteiger partial charge in [0.15, 0.2) is 0 Å². The maximum absolute atomic E-state index is 13.4. The summed E-state index contributed by atoms with van der Waals surface area (Å²) in [5.74, 6) is 4.03. The first-order valence-corrected chi connectivity index (χ1v) is 10.6. The molecule has 1 amide bonds. The summed E-state index contributed by atoms with van der Waals surface area (Å²) in [5, 5.41) is 4.12. The first-order chi connectivity index (χ1) is 11.7. The van der Waals surface area contributed by atoms with Crippen molar-refractivity contribution in [1.29, 1.82) is 0 Å². The molecule has 0 radical (unpaired) electrons. The Morgan fingerprint density at radius 3 is 2.25 bits per heavy atom. The largest absolute Gasteiger partial charge is 0.489 e. The van der Waals surface area contributed by atoms with Gasteiger partial charge >= 0.3 is 0 Å². The van der Waals surface area contributed by atoms with Crippen molar-refractivity contribution in [3.63, 3.8) is 0 Å². The van der Waals surface area contributed by atoms with Crippen LogP contribution in [0, 0.1) is 23.2 Å². The summed E-state index contributed by atoms with van der Waals surface area (Å²) in [6.07, 6.45) is 10.0. The van der Waals surface area contributed by atoms with Crippen LogP contribution in [0.2, 0.25) is 0 Å². The van der Waals surface area contributed by atoms with Gasteiger partial charge in [0.05, 0.1) is 5.41 Å². The zero-order valence-electron chi connectivity index (χ0n) is 14.3. The summed E-state index contributed by atoms with van der Waals surface area (Å²) in [6.45, 7) is 1.77. The van der Waals surface area contributed by atoms with Crippen LogP contribution >= 0.6 is 11.3 Å². The van der Waals surface area contributed by atoms with Crippen molar-refractivity contribution in [3.05, 3.63) is 16.8 Å². The number of hydrogen-bond donors (Lipinski definition) is 0. The van der Waals surface area contributed by atoms with Gasteiger partial charge in [0, 0.05) is 31.3 Å². The summed E-state index contributed by atoms with van der Waals surface area (Å²) in [7, 11) is 0. The molecule has 2 heterocycles. The Morgan fingerprint density at radius 2 is 1.71 bits per heavy atom. The van der Waals surface area contributed by atoms with Gasteiger partial charge in [0.2, 0.25) is 5.91 Å². The number of nitrogens with zero attached hydrogens (tertiary/aromatic N) is 1. The third kappa shape index (κ3) is 2.58. The fraction of sp³-hybridized carbons (Fsp3) is 0.750. The minimum Gasteiger partial charge on any atom is -0.489 e. The number of ether oxygens (including phenoxy) is 1. The second-order valence-electron chi connectivity index (χ2n) is 8.77. The van der Waals surface area contributed by atoms with Crippen molar-refractivity contribution in [2.45, 2.75) is 57.5 Å². The van der Waals surface area contributed by atoms with Crippen LogP contribution in [0.1, 0.15) is 51.4 Å². The third-order valence-electron chi connectivity index (χ3n) is 7.02. The fourth-order valence-electron chi connectivity index (χ4n) is 6.40. The van der Waals surface area contributed by atoms with Gasteiger partial charge in [-0.3, -0.25) is 4.79 Å². The highest BCUT2D eigenvalue weighted by Gasteiger charge is 2.55. The average Bonchev–Trinajstić information content (AvgIpc) is 3.07. The summed E-state index contributed by atoms with van der Waals surface area (Å²) >= 11 is 1.68. The molecule has 0 unspecified atom stereocenters. The van der Waals surface area contributed by atoms with E-state index in [1.54, 1.807) is 11.3 Å². The quantitative estimate of drug-likeness (QED) is 0.816. The highest BCUT2D eigenvalue weighted by atomic mass is 32.1. The molecule has 0 atom stereocenters. The molecule has 1 saturated heterocycles. The van der Waals surface area contributed by atoms with Gasteiger partial charge in [-0.25, -0.2) is 0 Å². The Balaban J connectivity index is 1.23. The van der Waals surface area contributed by atoms with E-state index in [0.29, 0.717) is 5.91 Å². The standard InChI is InChI=1S/C20H27NO2S/c22-19(20-10-14-7-15(11-20)9-16(8-14)12-20)21-4-1-17(2-5-21)23-18-3-6-24-13-18/h3,6,13-17H,1-2,4-5,7-12H2. The predicted octanol–water partition coefficient (Wildman–Crippen LogP) is 4.33. The van der Waals surface area contributed by atoms with Crippen LogP contribution in [0.5, 0.6) is 5.75 Å². The number of rotatable bonds is 3. The topological polar surface area (TPSA) is 29.5 Å². The minimum absolute atomic E-state index is 0.0236. The van der Waals surface area contributed by atoms with Crippen molar-refractivity contribution in [3.8, 4) is 5.75 Å². The number of likely N-dealkylation sites (tertiary alicyclic amines) is 1. The molecule has 4 saturated carbocycles. The summed E-state index contributed by atoms with van der Waals surface area (Å²) in [5.41, 5.74) is 0.0236. The fourth-order valence-corrected chi connectivity index (χ4v) is 6.96. The molecule has 4 heteroatoms. The van der Waals surface area contributed by atoms with E-state index in [0.717, 1.165) is 49.4 Å². The molecular formula is C20H27NO2S. The van der Waals surface area contributed by atoms with Crippen molar-refractivity contribution < 1.29 is 9.53 Å². The van der Waals surface area contributed by atoms with E-state index >= 15 is 0 Å². The molecule has 130 valence electrons. The van der Waals surface area contributed by atoms with Gasteiger partial charge in [0.1, 0.15) is 11.9 Å². The molecule has 1 aliphatic heterocycles. The van der Waals surface area contributed by atoms with Gasteiger partial charge < -0.3 is 9.64 Å². The maximum atomic E-state index is 13.4. The Kier molecular flexibility index (Phi) is 3.66. The minimum atomic E-state index is 0.0236. The molecule has 0 N–H and O–H groups in total.